The largest absolute Gasteiger partial charge is 0.503 e. The number of hydrogen-bond donors (Lipinski definition) is 1. The second-order valence-corrected chi connectivity index (χ2v) is 4.68. The summed E-state index contributed by atoms with van der Waals surface area (Å²) in [5, 5.41) is 9.48. The summed E-state index contributed by atoms with van der Waals surface area (Å²) >= 11 is 0. The van der Waals surface area contributed by atoms with Gasteiger partial charge in [0.2, 0.25) is 5.43 Å². The minimum absolute atomic E-state index is 0.260. The van der Waals surface area contributed by atoms with Crippen LogP contribution in [0.2, 0.25) is 0 Å². The highest BCUT2D eigenvalue weighted by molar-refractivity contribution is 5.46. The molecule has 0 aliphatic heterocycles. The molecule has 0 aliphatic carbocycles. The third-order valence-corrected chi connectivity index (χ3v) is 3.03. The normalized spacial score (nSPS) is 10.7. The molecule has 1 aromatic carbocycles. The molecule has 0 aliphatic rings. The van der Waals surface area contributed by atoms with E-state index in [9.17, 15) is 9.90 Å². The SMILES string of the molecule is COc1ccc(-n2ccc(=O)c(O)c2)cc1C(C)C. The monoisotopic (exact) mass is 259 g/mol. The number of methoxy groups -OCH3 is 1. The van der Waals surface area contributed by atoms with Crippen molar-refractivity contribution in [1.29, 1.82) is 0 Å². The van der Waals surface area contributed by atoms with Crippen LogP contribution in [-0.2, 0) is 0 Å². The van der Waals surface area contributed by atoms with Crippen molar-refractivity contribution in [3.05, 3.63) is 52.4 Å². The topological polar surface area (TPSA) is 51.5 Å². The smallest absolute Gasteiger partial charge is 0.223 e. The summed E-state index contributed by atoms with van der Waals surface area (Å²) in [5.41, 5.74) is 1.58. The molecule has 0 unspecified atom stereocenters. The molecule has 0 fully saturated rings. The number of ether oxygens (including phenoxy) is 1. The minimum Gasteiger partial charge on any atom is -0.503 e. The van der Waals surface area contributed by atoms with E-state index in [2.05, 4.69) is 13.8 Å². The number of benzene rings is 1. The number of aromatic hydroxyl groups is 1. The van der Waals surface area contributed by atoms with Gasteiger partial charge in [0.15, 0.2) is 5.75 Å². The lowest BCUT2D eigenvalue weighted by molar-refractivity contribution is 0.407. The van der Waals surface area contributed by atoms with Crippen molar-refractivity contribution in [2.75, 3.05) is 7.11 Å². The molecule has 0 amide bonds. The zero-order valence-corrected chi connectivity index (χ0v) is 11.3. The van der Waals surface area contributed by atoms with Crippen LogP contribution in [0.15, 0.2) is 41.5 Å². The van der Waals surface area contributed by atoms with Gasteiger partial charge in [-0.2, -0.15) is 0 Å². The van der Waals surface area contributed by atoms with Gasteiger partial charge in [-0.1, -0.05) is 13.8 Å². The molecule has 0 saturated heterocycles. The summed E-state index contributed by atoms with van der Waals surface area (Å²) in [5.74, 6) is 0.899. The van der Waals surface area contributed by atoms with Gasteiger partial charge in [0.05, 0.1) is 13.3 Å². The van der Waals surface area contributed by atoms with Gasteiger partial charge in [0, 0.05) is 18.0 Å². The molecular weight excluding hydrogens is 242 g/mol. The molecule has 0 radical (unpaired) electrons. The average Bonchev–Trinajstić information content (AvgIpc) is 2.41. The maximum atomic E-state index is 11.2. The molecule has 2 aromatic rings. The third kappa shape index (κ3) is 2.62. The van der Waals surface area contributed by atoms with Crippen LogP contribution in [0, 0.1) is 0 Å². The molecule has 100 valence electrons. The highest BCUT2D eigenvalue weighted by Gasteiger charge is 2.09. The van der Waals surface area contributed by atoms with E-state index in [-0.39, 0.29) is 11.2 Å². The Balaban J connectivity index is 2.53. The Morgan fingerprint density at radius 2 is 2.00 bits per heavy atom. The Hall–Kier alpha value is -2.23. The summed E-state index contributed by atoms with van der Waals surface area (Å²) in [6.45, 7) is 4.18. The number of rotatable bonds is 3. The Morgan fingerprint density at radius 1 is 1.26 bits per heavy atom. The van der Waals surface area contributed by atoms with Crippen molar-refractivity contribution in [2.45, 2.75) is 19.8 Å². The lowest BCUT2D eigenvalue weighted by Crippen LogP contribution is -2.04. The molecule has 0 saturated carbocycles. The summed E-state index contributed by atoms with van der Waals surface area (Å²) < 4.78 is 7.04. The highest BCUT2D eigenvalue weighted by Crippen LogP contribution is 2.28. The van der Waals surface area contributed by atoms with Crippen molar-refractivity contribution in [3.63, 3.8) is 0 Å². The zero-order valence-electron chi connectivity index (χ0n) is 11.3. The van der Waals surface area contributed by atoms with Crippen LogP contribution in [0.4, 0.5) is 0 Å². The molecule has 1 heterocycles. The number of nitrogens with zero attached hydrogens (tertiary/aromatic N) is 1. The Bertz CT molecular complexity index is 644. The molecule has 4 nitrogen and oxygen atoms in total. The maximum absolute atomic E-state index is 11.2. The molecule has 0 atom stereocenters. The number of hydrogen-bond acceptors (Lipinski definition) is 3. The lowest BCUT2D eigenvalue weighted by Gasteiger charge is -2.15. The maximum Gasteiger partial charge on any atom is 0.223 e. The van der Waals surface area contributed by atoms with Crippen LogP contribution in [0.5, 0.6) is 11.5 Å². The van der Waals surface area contributed by atoms with Gasteiger partial charge >= 0.3 is 0 Å². The van der Waals surface area contributed by atoms with Gasteiger partial charge in [-0.15, -0.1) is 0 Å². The molecule has 2 rings (SSSR count). The van der Waals surface area contributed by atoms with Crippen molar-refractivity contribution >= 4 is 0 Å². The van der Waals surface area contributed by atoms with Gasteiger partial charge < -0.3 is 14.4 Å². The second kappa shape index (κ2) is 5.18. The van der Waals surface area contributed by atoms with Crippen molar-refractivity contribution in [1.82, 2.24) is 4.57 Å². The zero-order chi connectivity index (χ0) is 14.0. The van der Waals surface area contributed by atoms with Crippen LogP contribution in [0.1, 0.15) is 25.3 Å². The first kappa shape index (κ1) is 13.2. The van der Waals surface area contributed by atoms with Gasteiger partial charge in [-0.25, -0.2) is 0 Å². The Kier molecular flexibility index (Phi) is 3.60. The minimum atomic E-state index is -0.381. The number of pyridine rings is 1. The molecular formula is C15H17NO3. The van der Waals surface area contributed by atoms with Gasteiger partial charge in [-0.05, 0) is 29.7 Å². The van der Waals surface area contributed by atoms with E-state index in [1.807, 2.05) is 18.2 Å². The molecule has 1 aromatic heterocycles. The molecule has 19 heavy (non-hydrogen) atoms. The van der Waals surface area contributed by atoms with Crippen molar-refractivity contribution in [3.8, 4) is 17.2 Å². The average molecular weight is 259 g/mol. The predicted molar refractivity (Wildman–Crippen MR) is 74.3 cm³/mol. The fourth-order valence-corrected chi connectivity index (χ4v) is 1.97. The first-order valence-corrected chi connectivity index (χ1v) is 6.12. The van der Waals surface area contributed by atoms with E-state index in [1.165, 1.54) is 12.3 Å². The van der Waals surface area contributed by atoms with Crippen LogP contribution in [0.25, 0.3) is 5.69 Å². The van der Waals surface area contributed by atoms with E-state index in [0.29, 0.717) is 5.92 Å². The van der Waals surface area contributed by atoms with E-state index in [0.717, 1.165) is 17.0 Å². The van der Waals surface area contributed by atoms with E-state index >= 15 is 0 Å². The van der Waals surface area contributed by atoms with Gasteiger partial charge in [0.25, 0.3) is 0 Å². The van der Waals surface area contributed by atoms with Crippen molar-refractivity contribution < 1.29 is 9.84 Å². The van der Waals surface area contributed by atoms with E-state index in [4.69, 9.17) is 4.74 Å². The fourth-order valence-electron chi connectivity index (χ4n) is 1.97. The molecule has 0 spiro atoms. The van der Waals surface area contributed by atoms with E-state index < -0.39 is 0 Å². The van der Waals surface area contributed by atoms with Gasteiger partial charge in [-0.3, -0.25) is 4.79 Å². The summed E-state index contributed by atoms with van der Waals surface area (Å²) in [7, 11) is 1.64. The van der Waals surface area contributed by atoms with Gasteiger partial charge in [0.1, 0.15) is 5.75 Å². The second-order valence-electron chi connectivity index (χ2n) is 4.68. The summed E-state index contributed by atoms with van der Waals surface area (Å²) in [4.78, 5) is 11.2. The van der Waals surface area contributed by atoms with E-state index in [1.54, 1.807) is 17.9 Å². The standard InChI is InChI=1S/C15H17NO3/c1-10(2)12-8-11(4-5-15(12)19-3)16-7-6-13(17)14(18)9-16/h4-10,18H,1-3H3. The Labute approximate surface area is 111 Å². The summed E-state index contributed by atoms with van der Waals surface area (Å²) in [6.07, 6.45) is 3.04. The molecule has 4 heteroatoms. The van der Waals surface area contributed by atoms with Crippen LogP contribution < -0.4 is 10.2 Å². The fraction of sp³-hybridized carbons (Fsp3) is 0.267. The number of aromatic nitrogens is 1. The first-order chi connectivity index (χ1) is 9.02. The van der Waals surface area contributed by atoms with Crippen LogP contribution >= 0.6 is 0 Å². The highest BCUT2D eigenvalue weighted by atomic mass is 16.5. The lowest BCUT2D eigenvalue weighted by atomic mass is 10.0. The predicted octanol–water partition coefficient (Wildman–Crippen LogP) is 2.68. The van der Waals surface area contributed by atoms with Crippen LogP contribution in [-0.4, -0.2) is 16.8 Å². The molecule has 1 N–H and O–H groups in total. The first-order valence-electron chi connectivity index (χ1n) is 6.12. The Morgan fingerprint density at radius 3 is 2.58 bits per heavy atom. The quantitative estimate of drug-likeness (QED) is 0.922. The third-order valence-electron chi connectivity index (χ3n) is 3.03. The van der Waals surface area contributed by atoms with Crippen molar-refractivity contribution in [2.24, 2.45) is 0 Å². The summed E-state index contributed by atoms with van der Waals surface area (Å²) in [6, 6.07) is 7.11. The van der Waals surface area contributed by atoms with Crippen LogP contribution in [0.3, 0.4) is 0 Å². The molecule has 0 bridgehead atoms.